The molecule has 164 valence electrons. The number of halogens is 1. The summed E-state index contributed by atoms with van der Waals surface area (Å²) in [5.41, 5.74) is 0.261. The SMILES string of the molecule is CC(OC(=O)[C@@H](NC(=O)c1ccc([N+](=O)[O-])cc1Cl)C(C)C)C(=O)Nc1ccccc1. The van der Waals surface area contributed by atoms with Crippen molar-refractivity contribution in [3.8, 4) is 0 Å². The van der Waals surface area contributed by atoms with Crippen molar-refractivity contribution in [3.05, 3.63) is 69.2 Å². The van der Waals surface area contributed by atoms with Gasteiger partial charge in [0, 0.05) is 17.8 Å². The van der Waals surface area contributed by atoms with Gasteiger partial charge in [0.1, 0.15) is 6.04 Å². The lowest BCUT2D eigenvalue weighted by atomic mass is 10.0. The third-order valence-corrected chi connectivity index (χ3v) is 4.63. The van der Waals surface area contributed by atoms with Crippen LogP contribution in [-0.2, 0) is 14.3 Å². The molecular weight excluding hydrogens is 426 g/mol. The summed E-state index contributed by atoms with van der Waals surface area (Å²) in [6.07, 6.45) is -1.10. The van der Waals surface area contributed by atoms with Gasteiger partial charge < -0.3 is 15.4 Å². The maximum Gasteiger partial charge on any atom is 0.329 e. The summed E-state index contributed by atoms with van der Waals surface area (Å²) >= 11 is 5.98. The van der Waals surface area contributed by atoms with Crippen molar-refractivity contribution in [2.75, 3.05) is 5.32 Å². The Morgan fingerprint density at radius 1 is 1.06 bits per heavy atom. The smallest absolute Gasteiger partial charge is 0.329 e. The summed E-state index contributed by atoms with van der Waals surface area (Å²) < 4.78 is 5.24. The molecular formula is C21H22ClN3O6. The Balaban J connectivity index is 2.05. The summed E-state index contributed by atoms with van der Waals surface area (Å²) in [6.45, 7) is 4.80. The Bertz CT molecular complexity index is 980. The summed E-state index contributed by atoms with van der Waals surface area (Å²) in [4.78, 5) is 47.6. The average molecular weight is 448 g/mol. The van der Waals surface area contributed by atoms with E-state index >= 15 is 0 Å². The summed E-state index contributed by atoms with van der Waals surface area (Å²) in [5, 5.41) is 15.8. The Morgan fingerprint density at radius 2 is 1.71 bits per heavy atom. The lowest BCUT2D eigenvalue weighted by Gasteiger charge is -2.23. The van der Waals surface area contributed by atoms with E-state index < -0.39 is 34.9 Å². The third-order valence-electron chi connectivity index (χ3n) is 4.32. The molecule has 1 unspecified atom stereocenters. The van der Waals surface area contributed by atoms with Crippen molar-refractivity contribution in [2.24, 2.45) is 5.92 Å². The van der Waals surface area contributed by atoms with E-state index in [4.69, 9.17) is 16.3 Å². The van der Waals surface area contributed by atoms with E-state index in [0.717, 1.165) is 12.1 Å². The van der Waals surface area contributed by atoms with Gasteiger partial charge in [-0.3, -0.25) is 19.7 Å². The number of ether oxygens (including phenoxy) is 1. The van der Waals surface area contributed by atoms with E-state index in [1.165, 1.54) is 13.0 Å². The molecule has 2 atom stereocenters. The standard InChI is InChI=1S/C21H22ClN3O6/c1-12(2)18(24-20(27)16-10-9-15(25(29)30)11-17(16)22)21(28)31-13(3)19(26)23-14-7-5-4-6-8-14/h4-13,18H,1-3H3,(H,23,26)(H,24,27)/t13?,18-/m0/s1. The van der Waals surface area contributed by atoms with Gasteiger partial charge in [0.05, 0.1) is 15.5 Å². The predicted octanol–water partition coefficient (Wildman–Crippen LogP) is 3.57. The minimum absolute atomic E-state index is 0.0272. The number of amides is 2. The summed E-state index contributed by atoms with van der Waals surface area (Å²) in [6, 6.07) is 11.0. The zero-order valence-electron chi connectivity index (χ0n) is 17.1. The van der Waals surface area contributed by atoms with Gasteiger partial charge >= 0.3 is 5.97 Å². The highest BCUT2D eigenvalue weighted by Crippen LogP contribution is 2.23. The molecule has 9 nitrogen and oxygen atoms in total. The first kappa shape index (κ1) is 23.8. The number of anilines is 1. The molecule has 0 fully saturated rings. The number of benzene rings is 2. The molecule has 10 heteroatoms. The van der Waals surface area contributed by atoms with Crippen molar-refractivity contribution in [3.63, 3.8) is 0 Å². The van der Waals surface area contributed by atoms with Crippen LogP contribution in [0.15, 0.2) is 48.5 Å². The Labute approximate surface area is 183 Å². The van der Waals surface area contributed by atoms with Crippen LogP contribution in [0.25, 0.3) is 0 Å². The molecule has 2 aromatic carbocycles. The molecule has 0 aliphatic heterocycles. The number of rotatable bonds is 8. The van der Waals surface area contributed by atoms with E-state index in [2.05, 4.69) is 10.6 Å². The average Bonchev–Trinajstić information content (AvgIpc) is 2.71. The van der Waals surface area contributed by atoms with Crippen molar-refractivity contribution in [2.45, 2.75) is 32.9 Å². The zero-order valence-corrected chi connectivity index (χ0v) is 17.9. The van der Waals surface area contributed by atoms with Crippen molar-refractivity contribution in [1.82, 2.24) is 5.32 Å². The maximum atomic E-state index is 12.6. The minimum Gasteiger partial charge on any atom is -0.451 e. The first-order valence-electron chi connectivity index (χ1n) is 9.41. The molecule has 0 saturated carbocycles. The van der Waals surface area contributed by atoms with Crippen LogP contribution in [0.4, 0.5) is 11.4 Å². The number of nitro groups is 1. The van der Waals surface area contributed by atoms with Crippen molar-refractivity contribution in [1.29, 1.82) is 0 Å². The molecule has 2 amide bonds. The second-order valence-corrected chi connectivity index (χ2v) is 7.46. The first-order chi connectivity index (χ1) is 14.6. The molecule has 0 aliphatic carbocycles. The summed E-state index contributed by atoms with van der Waals surface area (Å²) in [7, 11) is 0. The molecule has 0 radical (unpaired) electrons. The number of nitrogens with zero attached hydrogens (tertiary/aromatic N) is 1. The van der Waals surface area contributed by atoms with E-state index in [1.807, 2.05) is 0 Å². The minimum atomic E-state index is -1.10. The lowest BCUT2D eigenvalue weighted by Crippen LogP contribution is -2.47. The number of esters is 1. The highest BCUT2D eigenvalue weighted by Gasteiger charge is 2.30. The van der Waals surface area contributed by atoms with Crippen molar-refractivity contribution < 1.29 is 24.0 Å². The molecule has 0 bridgehead atoms. The number of nitrogens with one attached hydrogen (secondary N) is 2. The quantitative estimate of drug-likeness (QED) is 0.361. The Morgan fingerprint density at radius 3 is 2.26 bits per heavy atom. The molecule has 0 aliphatic rings. The molecule has 0 aromatic heterocycles. The van der Waals surface area contributed by atoms with Crippen LogP contribution < -0.4 is 10.6 Å². The number of carbonyl (C=O) groups excluding carboxylic acids is 3. The fourth-order valence-corrected chi connectivity index (χ4v) is 2.85. The van der Waals surface area contributed by atoms with Crippen LogP contribution in [0.1, 0.15) is 31.1 Å². The molecule has 0 heterocycles. The van der Waals surface area contributed by atoms with Crippen LogP contribution in [-0.4, -0.2) is 34.9 Å². The van der Waals surface area contributed by atoms with Gasteiger partial charge in [-0.1, -0.05) is 43.6 Å². The number of non-ortho nitro benzene ring substituents is 1. The van der Waals surface area contributed by atoms with E-state index in [1.54, 1.807) is 44.2 Å². The van der Waals surface area contributed by atoms with Crippen LogP contribution in [0.5, 0.6) is 0 Å². The third kappa shape index (κ3) is 6.51. The monoisotopic (exact) mass is 447 g/mol. The fraction of sp³-hybridized carbons (Fsp3) is 0.286. The van der Waals surface area contributed by atoms with Gasteiger partial charge in [-0.15, -0.1) is 0 Å². The topological polar surface area (TPSA) is 128 Å². The Hall–Kier alpha value is -3.46. The molecule has 0 saturated heterocycles. The maximum absolute atomic E-state index is 12.6. The predicted molar refractivity (Wildman–Crippen MR) is 115 cm³/mol. The van der Waals surface area contributed by atoms with Gasteiger partial charge in [0.25, 0.3) is 17.5 Å². The molecule has 0 spiro atoms. The fourth-order valence-electron chi connectivity index (χ4n) is 2.58. The molecule has 2 rings (SSSR count). The van der Waals surface area contributed by atoms with Crippen LogP contribution in [0.2, 0.25) is 5.02 Å². The van der Waals surface area contributed by atoms with Crippen LogP contribution >= 0.6 is 11.6 Å². The molecule has 2 N–H and O–H groups in total. The Kier molecular flexibility index (Phi) is 8.09. The summed E-state index contributed by atoms with van der Waals surface area (Å²) in [5.74, 6) is -2.38. The second kappa shape index (κ2) is 10.5. The van der Waals surface area contributed by atoms with E-state index in [-0.39, 0.29) is 22.2 Å². The number of hydrogen-bond donors (Lipinski definition) is 2. The van der Waals surface area contributed by atoms with Crippen LogP contribution in [0, 0.1) is 16.0 Å². The number of para-hydroxylation sites is 1. The van der Waals surface area contributed by atoms with Gasteiger partial charge in [0.15, 0.2) is 6.10 Å². The number of nitro benzene ring substituents is 1. The van der Waals surface area contributed by atoms with Crippen molar-refractivity contribution >= 4 is 40.8 Å². The second-order valence-electron chi connectivity index (χ2n) is 7.05. The largest absolute Gasteiger partial charge is 0.451 e. The molecule has 2 aromatic rings. The number of carbonyl (C=O) groups is 3. The number of hydrogen-bond acceptors (Lipinski definition) is 6. The van der Waals surface area contributed by atoms with E-state index in [9.17, 15) is 24.5 Å². The lowest BCUT2D eigenvalue weighted by molar-refractivity contribution is -0.384. The molecule has 31 heavy (non-hydrogen) atoms. The normalized spacial score (nSPS) is 12.5. The zero-order chi connectivity index (χ0) is 23.1. The first-order valence-corrected chi connectivity index (χ1v) is 9.79. The van der Waals surface area contributed by atoms with Crippen LogP contribution in [0.3, 0.4) is 0 Å². The van der Waals surface area contributed by atoms with Gasteiger partial charge in [-0.25, -0.2) is 4.79 Å². The highest BCUT2D eigenvalue weighted by atomic mass is 35.5. The van der Waals surface area contributed by atoms with E-state index in [0.29, 0.717) is 5.69 Å². The van der Waals surface area contributed by atoms with Gasteiger partial charge in [-0.05, 0) is 31.0 Å². The van der Waals surface area contributed by atoms with Gasteiger partial charge in [0.2, 0.25) is 0 Å². The highest BCUT2D eigenvalue weighted by molar-refractivity contribution is 6.34. The van der Waals surface area contributed by atoms with Gasteiger partial charge in [-0.2, -0.15) is 0 Å².